The number of benzene rings is 1. The quantitative estimate of drug-likeness (QED) is 0.243. The van der Waals surface area contributed by atoms with E-state index in [4.69, 9.17) is 10.5 Å². The van der Waals surface area contributed by atoms with E-state index < -0.39 is 10.0 Å². The SMILES string of the molecule is COc1ccc(NC(N)=NCCNS(=O)(=O)c2cccs2)cc1.I. The van der Waals surface area contributed by atoms with Crippen molar-refractivity contribution in [1.29, 1.82) is 0 Å². The summed E-state index contributed by atoms with van der Waals surface area (Å²) < 4.78 is 31.6. The summed E-state index contributed by atoms with van der Waals surface area (Å²) >= 11 is 1.17. The zero-order valence-electron chi connectivity index (χ0n) is 12.9. The first kappa shape index (κ1) is 20.7. The minimum atomic E-state index is -3.46. The fourth-order valence-electron chi connectivity index (χ4n) is 1.71. The largest absolute Gasteiger partial charge is 0.497 e. The van der Waals surface area contributed by atoms with Crippen molar-refractivity contribution in [1.82, 2.24) is 4.72 Å². The molecule has 1 heterocycles. The summed E-state index contributed by atoms with van der Waals surface area (Å²) in [4.78, 5) is 4.07. The number of halogens is 1. The number of anilines is 1. The number of hydrogen-bond donors (Lipinski definition) is 3. The Hall–Kier alpha value is -1.37. The molecule has 0 radical (unpaired) electrons. The summed E-state index contributed by atoms with van der Waals surface area (Å²) in [6.45, 7) is 0.408. The lowest BCUT2D eigenvalue weighted by atomic mass is 10.3. The molecule has 0 saturated heterocycles. The Morgan fingerprint density at radius 1 is 1.29 bits per heavy atom. The van der Waals surface area contributed by atoms with E-state index in [1.165, 1.54) is 11.3 Å². The zero-order valence-corrected chi connectivity index (χ0v) is 16.9. The van der Waals surface area contributed by atoms with Crippen LogP contribution in [0.4, 0.5) is 5.69 Å². The van der Waals surface area contributed by atoms with Gasteiger partial charge in [0.2, 0.25) is 10.0 Å². The highest BCUT2D eigenvalue weighted by molar-refractivity contribution is 14.0. The van der Waals surface area contributed by atoms with Gasteiger partial charge in [-0.3, -0.25) is 4.99 Å². The van der Waals surface area contributed by atoms with Gasteiger partial charge in [-0.15, -0.1) is 35.3 Å². The second-order valence-corrected chi connectivity index (χ2v) is 7.39. The number of rotatable bonds is 7. The van der Waals surface area contributed by atoms with Crippen LogP contribution in [-0.4, -0.2) is 34.6 Å². The number of aliphatic imine (C=N–C) groups is 1. The topological polar surface area (TPSA) is 106 Å². The maximum absolute atomic E-state index is 11.9. The molecule has 0 amide bonds. The average Bonchev–Trinajstić information content (AvgIpc) is 3.08. The highest BCUT2D eigenvalue weighted by Crippen LogP contribution is 2.15. The first-order chi connectivity index (χ1) is 11.0. The molecule has 0 spiro atoms. The van der Waals surface area contributed by atoms with Crippen LogP contribution in [0.2, 0.25) is 0 Å². The van der Waals surface area contributed by atoms with Crippen LogP contribution in [0.3, 0.4) is 0 Å². The average molecular weight is 482 g/mol. The molecule has 0 fully saturated rings. The number of thiophene rings is 1. The van der Waals surface area contributed by atoms with Crippen LogP contribution in [0.5, 0.6) is 5.75 Å². The third kappa shape index (κ3) is 6.26. The number of sulfonamides is 1. The van der Waals surface area contributed by atoms with Gasteiger partial charge < -0.3 is 15.8 Å². The smallest absolute Gasteiger partial charge is 0.250 e. The molecule has 0 aliphatic carbocycles. The Morgan fingerprint density at radius 2 is 2.00 bits per heavy atom. The van der Waals surface area contributed by atoms with E-state index in [0.717, 1.165) is 11.4 Å². The van der Waals surface area contributed by atoms with E-state index in [1.807, 2.05) is 0 Å². The number of guanidine groups is 1. The number of methoxy groups -OCH3 is 1. The minimum absolute atomic E-state index is 0. The minimum Gasteiger partial charge on any atom is -0.497 e. The molecule has 0 saturated carbocycles. The molecular formula is C14H19IN4O3S2. The van der Waals surface area contributed by atoms with Crippen LogP contribution >= 0.6 is 35.3 Å². The van der Waals surface area contributed by atoms with Crippen molar-refractivity contribution in [3.63, 3.8) is 0 Å². The maximum atomic E-state index is 11.9. The third-order valence-electron chi connectivity index (χ3n) is 2.81. The van der Waals surface area contributed by atoms with Crippen LogP contribution in [0.25, 0.3) is 0 Å². The Balaban J connectivity index is 0.00000288. The van der Waals surface area contributed by atoms with Crippen molar-refractivity contribution < 1.29 is 13.2 Å². The molecule has 0 aliphatic heterocycles. The molecule has 1 aromatic carbocycles. The second-order valence-electron chi connectivity index (χ2n) is 4.45. The van der Waals surface area contributed by atoms with Crippen molar-refractivity contribution in [2.24, 2.45) is 10.7 Å². The Labute approximate surface area is 162 Å². The molecule has 1 aromatic heterocycles. The second kappa shape index (κ2) is 9.81. The molecule has 4 N–H and O–H groups in total. The molecular weight excluding hydrogens is 463 g/mol. The lowest BCUT2D eigenvalue weighted by Crippen LogP contribution is -2.28. The van der Waals surface area contributed by atoms with Crippen molar-refractivity contribution in [2.75, 3.05) is 25.5 Å². The lowest BCUT2D eigenvalue weighted by molar-refractivity contribution is 0.415. The van der Waals surface area contributed by atoms with Gasteiger partial charge in [0.05, 0.1) is 13.7 Å². The molecule has 0 aliphatic rings. The normalized spacial score (nSPS) is 11.6. The maximum Gasteiger partial charge on any atom is 0.250 e. The first-order valence-corrected chi connectivity index (χ1v) is 9.12. The van der Waals surface area contributed by atoms with Gasteiger partial charge in [0, 0.05) is 12.2 Å². The van der Waals surface area contributed by atoms with Gasteiger partial charge in [0.25, 0.3) is 0 Å². The van der Waals surface area contributed by atoms with Gasteiger partial charge in [-0.05, 0) is 35.7 Å². The van der Waals surface area contributed by atoms with Gasteiger partial charge in [-0.1, -0.05) is 6.07 Å². The van der Waals surface area contributed by atoms with Crippen LogP contribution in [0, 0.1) is 0 Å². The molecule has 0 unspecified atom stereocenters. The fourth-order valence-corrected chi connectivity index (χ4v) is 3.76. The molecule has 132 valence electrons. The van der Waals surface area contributed by atoms with Crippen molar-refractivity contribution >= 4 is 57.0 Å². The molecule has 24 heavy (non-hydrogen) atoms. The number of nitrogens with zero attached hydrogens (tertiary/aromatic N) is 1. The van der Waals surface area contributed by atoms with Crippen LogP contribution in [0.15, 0.2) is 51.0 Å². The predicted octanol–water partition coefficient (Wildman–Crippen LogP) is 2.08. The fraction of sp³-hybridized carbons (Fsp3) is 0.214. The van der Waals surface area contributed by atoms with E-state index in [9.17, 15) is 8.42 Å². The summed E-state index contributed by atoms with van der Waals surface area (Å²) in [5, 5.41) is 4.63. The summed E-state index contributed by atoms with van der Waals surface area (Å²) in [5.74, 6) is 0.958. The first-order valence-electron chi connectivity index (χ1n) is 6.75. The number of nitrogens with two attached hydrogens (primary N) is 1. The Morgan fingerprint density at radius 3 is 2.58 bits per heavy atom. The molecule has 10 heteroatoms. The number of hydrogen-bond acceptors (Lipinski definition) is 5. The predicted molar refractivity (Wildman–Crippen MR) is 108 cm³/mol. The van der Waals surface area contributed by atoms with Gasteiger partial charge in [-0.2, -0.15) is 0 Å². The van der Waals surface area contributed by atoms with Crippen LogP contribution in [-0.2, 0) is 10.0 Å². The van der Waals surface area contributed by atoms with Gasteiger partial charge in [0.1, 0.15) is 9.96 Å². The lowest BCUT2D eigenvalue weighted by Gasteiger charge is -2.07. The van der Waals surface area contributed by atoms with Crippen molar-refractivity contribution in [3.05, 3.63) is 41.8 Å². The van der Waals surface area contributed by atoms with Crippen molar-refractivity contribution in [3.8, 4) is 5.75 Å². The summed E-state index contributed by atoms with van der Waals surface area (Å²) in [6, 6.07) is 10.4. The van der Waals surface area contributed by atoms with Gasteiger partial charge >= 0.3 is 0 Å². The van der Waals surface area contributed by atoms with E-state index in [2.05, 4.69) is 15.0 Å². The molecule has 7 nitrogen and oxygen atoms in total. The van der Waals surface area contributed by atoms with E-state index in [1.54, 1.807) is 48.9 Å². The molecule has 2 rings (SSSR count). The number of nitrogens with one attached hydrogen (secondary N) is 2. The summed E-state index contributed by atoms with van der Waals surface area (Å²) in [7, 11) is -1.86. The zero-order chi connectivity index (χ0) is 16.7. The highest BCUT2D eigenvalue weighted by Gasteiger charge is 2.13. The van der Waals surface area contributed by atoms with Crippen LogP contribution < -0.4 is 20.5 Å². The molecule has 2 aromatic rings. The monoisotopic (exact) mass is 482 g/mol. The van der Waals surface area contributed by atoms with E-state index in [-0.39, 0.29) is 47.2 Å². The Bertz CT molecular complexity index is 747. The Kier molecular flexibility index (Phi) is 8.45. The van der Waals surface area contributed by atoms with Gasteiger partial charge in [0.15, 0.2) is 5.96 Å². The highest BCUT2D eigenvalue weighted by atomic mass is 127. The van der Waals surface area contributed by atoms with Crippen molar-refractivity contribution in [2.45, 2.75) is 4.21 Å². The van der Waals surface area contributed by atoms with Gasteiger partial charge in [-0.25, -0.2) is 13.1 Å². The standard InChI is InChI=1S/C14H18N4O3S2.HI/c1-21-12-6-4-11(5-7-12)18-14(15)16-8-9-17-23(19,20)13-3-2-10-22-13;/h2-7,10,17H,8-9H2,1H3,(H3,15,16,18);1H. The van der Waals surface area contributed by atoms with E-state index >= 15 is 0 Å². The van der Waals surface area contributed by atoms with E-state index in [0.29, 0.717) is 0 Å². The van der Waals surface area contributed by atoms with Crippen LogP contribution in [0.1, 0.15) is 0 Å². The summed E-state index contributed by atoms with van der Waals surface area (Å²) in [5.41, 5.74) is 6.52. The number of ether oxygens (including phenoxy) is 1. The third-order valence-corrected chi connectivity index (χ3v) is 5.67. The molecule has 0 atom stereocenters. The molecule has 0 bridgehead atoms. The summed E-state index contributed by atoms with van der Waals surface area (Å²) in [6.07, 6.45) is 0.